The normalized spacial score (nSPS) is 22.4. The molecule has 0 spiro atoms. The maximum atomic E-state index is 13.3. The number of hydrogen-bond acceptors (Lipinski definition) is 3. The lowest BCUT2D eigenvalue weighted by molar-refractivity contribution is -0.136. The molecule has 4 heteroatoms. The number of carbonyl (C=O) groups excluding carboxylic acids is 1. The first-order valence-electron chi connectivity index (χ1n) is 11.5. The van der Waals surface area contributed by atoms with Crippen molar-refractivity contribution in [1.82, 2.24) is 10.2 Å². The van der Waals surface area contributed by atoms with Gasteiger partial charge in [0.25, 0.3) is 5.91 Å². The number of nitrogens with one attached hydrogen (secondary N) is 1. The number of nitrogens with zero attached hydrogens (tertiary/aromatic N) is 1. The molecule has 2 fully saturated rings. The van der Waals surface area contributed by atoms with Gasteiger partial charge in [-0.25, -0.2) is 0 Å². The molecule has 1 aliphatic heterocycles. The second-order valence-electron chi connectivity index (χ2n) is 9.32. The van der Waals surface area contributed by atoms with Crippen LogP contribution in [0.15, 0.2) is 84.9 Å². The Labute approximate surface area is 189 Å². The fourth-order valence-corrected chi connectivity index (χ4v) is 5.25. The molecule has 2 N–H and O–H groups in total. The van der Waals surface area contributed by atoms with Crippen LogP contribution < -0.4 is 5.32 Å². The Balaban J connectivity index is 1.20. The molecule has 1 aliphatic carbocycles. The van der Waals surface area contributed by atoms with Crippen molar-refractivity contribution in [2.75, 3.05) is 19.6 Å². The lowest BCUT2D eigenvalue weighted by Gasteiger charge is -2.28. The fourth-order valence-electron chi connectivity index (χ4n) is 5.25. The van der Waals surface area contributed by atoms with Crippen LogP contribution in [-0.2, 0) is 16.9 Å². The van der Waals surface area contributed by atoms with Crippen LogP contribution in [0.4, 0.5) is 0 Å². The first-order chi connectivity index (χ1) is 15.6. The van der Waals surface area contributed by atoms with E-state index in [1.165, 1.54) is 11.1 Å². The molecule has 0 bridgehead atoms. The molecule has 2 atom stereocenters. The summed E-state index contributed by atoms with van der Waals surface area (Å²) < 4.78 is 0. The second-order valence-corrected chi connectivity index (χ2v) is 9.32. The van der Waals surface area contributed by atoms with E-state index in [2.05, 4.69) is 41.4 Å². The number of aliphatic hydroxyl groups is 1. The Kier molecular flexibility index (Phi) is 5.58. The summed E-state index contributed by atoms with van der Waals surface area (Å²) in [7, 11) is 0. The highest BCUT2D eigenvalue weighted by Gasteiger charge is 2.55. The van der Waals surface area contributed by atoms with Crippen molar-refractivity contribution >= 4 is 5.91 Å². The molecule has 1 saturated heterocycles. The molecule has 1 amide bonds. The van der Waals surface area contributed by atoms with E-state index in [-0.39, 0.29) is 5.91 Å². The van der Waals surface area contributed by atoms with Crippen molar-refractivity contribution in [2.45, 2.75) is 19.1 Å². The zero-order chi connectivity index (χ0) is 22.1. The summed E-state index contributed by atoms with van der Waals surface area (Å²) in [5.74, 6) is 1.44. The zero-order valence-corrected chi connectivity index (χ0v) is 18.4. The summed E-state index contributed by atoms with van der Waals surface area (Å²) in [6.45, 7) is 5.90. The molecule has 4 nitrogen and oxygen atoms in total. The number of rotatable bonds is 7. The Morgan fingerprint density at radius 3 is 1.97 bits per heavy atom. The van der Waals surface area contributed by atoms with Crippen LogP contribution in [0.5, 0.6) is 0 Å². The van der Waals surface area contributed by atoms with Crippen LogP contribution in [0, 0.1) is 24.7 Å². The molecule has 1 heterocycles. The van der Waals surface area contributed by atoms with Gasteiger partial charge in [-0.05, 0) is 41.4 Å². The van der Waals surface area contributed by atoms with Gasteiger partial charge in [0.1, 0.15) is 0 Å². The number of benzene rings is 3. The summed E-state index contributed by atoms with van der Waals surface area (Å²) in [6, 6.07) is 27.2. The van der Waals surface area contributed by atoms with Crippen molar-refractivity contribution in [2.24, 2.45) is 17.8 Å². The molecule has 0 aromatic heterocycles. The molecule has 164 valence electrons. The van der Waals surface area contributed by atoms with E-state index in [9.17, 15) is 9.90 Å². The molecular formula is C28H30N2O2. The predicted octanol–water partition coefficient (Wildman–Crippen LogP) is 3.73. The molecule has 3 aromatic rings. The standard InChI is InChI=1S/C28H30N2O2/c1-20-12-14-21(15-13-20)17-30-18-25-24(26(25)19-30)16-29-27(31)28(32,22-8-4-2-5-9-22)23-10-6-3-7-11-23/h2-15,24-26,32H,16-19H2,1H3,(H,29,31). The summed E-state index contributed by atoms with van der Waals surface area (Å²) in [5, 5.41) is 14.6. The number of amides is 1. The third-order valence-electron chi connectivity index (χ3n) is 7.18. The van der Waals surface area contributed by atoms with E-state index in [0.717, 1.165) is 19.6 Å². The minimum Gasteiger partial charge on any atom is -0.372 e. The van der Waals surface area contributed by atoms with Crippen LogP contribution in [0.3, 0.4) is 0 Å². The van der Waals surface area contributed by atoms with E-state index >= 15 is 0 Å². The lowest BCUT2D eigenvalue weighted by Crippen LogP contribution is -2.46. The minimum absolute atomic E-state index is 0.351. The number of hydrogen-bond donors (Lipinski definition) is 2. The molecule has 0 radical (unpaired) electrons. The third kappa shape index (κ3) is 3.96. The van der Waals surface area contributed by atoms with Crippen LogP contribution in [0.2, 0.25) is 0 Å². The van der Waals surface area contributed by atoms with Gasteiger partial charge in [-0.15, -0.1) is 0 Å². The Morgan fingerprint density at radius 1 is 0.906 bits per heavy atom. The quantitative estimate of drug-likeness (QED) is 0.605. The van der Waals surface area contributed by atoms with E-state index in [4.69, 9.17) is 0 Å². The summed E-state index contributed by atoms with van der Waals surface area (Å²) in [6.07, 6.45) is 0. The van der Waals surface area contributed by atoms with Crippen LogP contribution in [0.25, 0.3) is 0 Å². The van der Waals surface area contributed by atoms with Crippen molar-refractivity contribution in [3.05, 3.63) is 107 Å². The maximum Gasteiger partial charge on any atom is 0.261 e. The van der Waals surface area contributed by atoms with E-state index < -0.39 is 5.60 Å². The van der Waals surface area contributed by atoms with Crippen LogP contribution >= 0.6 is 0 Å². The van der Waals surface area contributed by atoms with E-state index in [1.807, 2.05) is 36.4 Å². The molecule has 2 unspecified atom stereocenters. The monoisotopic (exact) mass is 426 g/mol. The van der Waals surface area contributed by atoms with Gasteiger partial charge in [-0.2, -0.15) is 0 Å². The molecule has 32 heavy (non-hydrogen) atoms. The topological polar surface area (TPSA) is 52.6 Å². The number of fused-ring (bicyclic) bond motifs is 1. The third-order valence-corrected chi connectivity index (χ3v) is 7.18. The van der Waals surface area contributed by atoms with Crippen molar-refractivity contribution in [1.29, 1.82) is 0 Å². The Bertz CT molecular complexity index is 1010. The number of carbonyl (C=O) groups is 1. The van der Waals surface area contributed by atoms with Crippen molar-refractivity contribution < 1.29 is 9.90 Å². The first-order valence-corrected chi connectivity index (χ1v) is 11.5. The largest absolute Gasteiger partial charge is 0.372 e. The predicted molar refractivity (Wildman–Crippen MR) is 126 cm³/mol. The Hall–Kier alpha value is -2.95. The molecule has 2 aliphatic rings. The number of piperidine rings is 1. The average Bonchev–Trinajstić information content (AvgIpc) is 3.29. The van der Waals surface area contributed by atoms with Crippen molar-refractivity contribution in [3.63, 3.8) is 0 Å². The summed E-state index contributed by atoms with van der Waals surface area (Å²) in [5.41, 5.74) is 2.13. The van der Waals surface area contributed by atoms with Crippen molar-refractivity contribution in [3.8, 4) is 0 Å². The zero-order valence-electron chi connectivity index (χ0n) is 18.4. The fraction of sp³-hybridized carbons (Fsp3) is 0.321. The summed E-state index contributed by atoms with van der Waals surface area (Å²) in [4.78, 5) is 15.8. The summed E-state index contributed by atoms with van der Waals surface area (Å²) >= 11 is 0. The van der Waals surface area contributed by atoms with Crippen LogP contribution in [0.1, 0.15) is 22.3 Å². The van der Waals surface area contributed by atoms with E-state index in [1.54, 1.807) is 24.3 Å². The van der Waals surface area contributed by atoms with Gasteiger partial charge >= 0.3 is 0 Å². The van der Waals surface area contributed by atoms with Gasteiger partial charge < -0.3 is 10.4 Å². The van der Waals surface area contributed by atoms with Gasteiger partial charge in [0.05, 0.1) is 0 Å². The first kappa shape index (κ1) is 20.9. The van der Waals surface area contributed by atoms with Gasteiger partial charge in [-0.3, -0.25) is 9.69 Å². The van der Waals surface area contributed by atoms with Crippen LogP contribution in [-0.4, -0.2) is 35.5 Å². The second kappa shape index (κ2) is 8.53. The average molecular weight is 427 g/mol. The maximum absolute atomic E-state index is 13.3. The van der Waals surface area contributed by atoms with Gasteiger partial charge in [0, 0.05) is 26.2 Å². The highest BCUT2D eigenvalue weighted by atomic mass is 16.3. The lowest BCUT2D eigenvalue weighted by atomic mass is 9.85. The molecule has 5 rings (SSSR count). The smallest absolute Gasteiger partial charge is 0.261 e. The van der Waals surface area contributed by atoms with Gasteiger partial charge in [0.2, 0.25) is 0 Å². The van der Waals surface area contributed by atoms with Gasteiger partial charge in [-0.1, -0.05) is 90.5 Å². The SMILES string of the molecule is Cc1ccc(CN2CC3C(CNC(=O)C(O)(c4ccccc4)c4ccccc4)C3C2)cc1. The highest BCUT2D eigenvalue weighted by Crippen LogP contribution is 2.51. The minimum atomic E-state index is -1.69. The highest BCUT2D eigenvalue weighted by molar-refractivity contribution is 5.90. The van der Waals surface area contributed by atoms with Gasteiger partial charge in [0.15, 0.2) is 5.60 Å². The molecular weight excluding hydrogens is 396 g/mol. The number of aryl methyl sites for hydroxylation is 1. The molecule has 1 saturated carbocycles. The molecule has 3 aromatic carbocycles. The van der Waals surface area contributed by atoms with E-state index in [0.29, 0.717) is 35.4 Å². The number of likely N-dealkylation sites (tertiary alicyclic amines) is 1. The Morgan fingerprint density at radius 2 is 1.44 bits per heavy atom.